The second-order valence-corrected chi connectivity index (χ2v) is 15.7. The summed E-state index contributed by atoms with van der Waals surface area (Å²) in [4.78, 5) is 37.9. The smallest absolute Gasteiger partial charge is 0.306 e. The van der Waals surface area contributed by atoms with Gasteiger partial charge in [0.15, 0.2) is 6.10 Å². The molecule has 6 heteroatoms. The first-order valence-electron chi connectivity index (χ1n) is 25.2. The Bertz CT molecular complexity index is 1600. The minimum atomic E-state index is -0.849. The van der Waals surface area contributed by atoms with Crippen LogP contribution in [0.15, 0.2) is 170 Å². The van der Waals surface area contributed by atoms with Crippen molar-refractivity contribution in [2.45, 2.75) is 175 Å². The molecule has 0 heterocycles. The number of ether oxygens (including phenoxy) is 3. The van der Waals surface area contributed by atoms with E-state index < -0.39 is 6.10 Å². The summed E-state index contributed by atoms with van der Waals surface area (Å²) in [7, 11) is 0. The monoisotopic (exact) mass is 905 g/mol. The van der Waals surface area contributed by atoms with Crippen LogP contribution in [0.25, 0.3) is 0 Å². The summed E-state index contributed by atoms with van der Waals surface area (Å²) >= 11 is 0. The molecule has 0 radical (unpaired) electrons. The molecule has 0 aromatic rings. The number of carbonyl (C=O) groups excluding carboxylic acids is 3. The number of hydrogen-bond acceptors (Lipinski definition) is 6. The topological polar surface area (TPSA) is 78.9 Å². The third-order valence-electron chi connectivity index (χ3n) is 9.59. The Kier molecular flexibility index (Phi) is 48.2. The van der Waals surface area contributed by atoms with Gasteiger partial charge in [0.05, 0.1) is 0 Å². The Hall–Kier alpha value is -5.23. The number of hydrogen-bond donors (Lipinski definition) is 0. The van der Waals surface area contributed by atoms with Gasteiger partial charge in [0.25, 0.3) is 0 Å². The van der Waals surface area contributed by atoms with Crippen LogP contribution >= 0.6 is 0 Å². The van der Waals surface area contributed by atoms with Gasteiger partial charge in [0.1, 0.15) is 13.2 Å². The van der Waals surface area contributed by atoms with Gasteiger partial charge in [-0.3, -0.25) is 14.4 Å². The van der Waals surface area contributed by atoms with Crippen molar-refractivity contribution in [3.8, 4) is 0 Å². The van der Waals surface area contributed by atoms with Gasteiger partial charge >= 0.3 is 17.9 Å². The van der Waals surface area contributed by atoms with Crippen molar-refractivity contribution < 1.29 is 28.6 Å². The van der Waals surface area contributed by atoms with Crippen LogP contribution < -0.4 is 0 Å². The van der Waals surface area contributed by atoms with Gasteiger partial charge in [-0.2, -0.15) is 0 Å². The third-order valence-corrected chi connectivity index (χ3v) is 9.59. The van der Waals surface area contributed by atoms with E-state index in [0.717, 1.165) is 116 Å². The summed E-state index contributed by atoms with van der Waals surface area (Å²) in [6.45, 7) is 6.11. The quantitative estimate of drug-likeness (QED) is 0.0200. The average Bonchev–Trinajstić information content (AvgIpc) is 3.31. The number of rotatable bonds is 42. The van der Waals surface area contributed by atoms with E-state index in [-0.39, 0.29) is 44.0 Å². The second-order valence-electron chi connectivity index (χ2n) is 15.7. The lowest BCUT2D eigenvalue weighted by molar-refractivity contribution is -0.166. The molecule has 1 atom stereocenters. The summed E-state index contributed by atoms with van der Waals surface area (Å²) < 4.78 is 16.7. The highest BCUT2D eigenvalue weighted by Gasteiger charge is 2.19. The molecule has 0 saturated carbocycles. The minimum Gasteiger partial charge on any atom is -0.462 e. The fraction of sp³-hybridized carbons (Fsp3) is 0.483. The van der Waals surface area contributed by atoms with Crippen LogP contribution in [0, 0.1) is 0 Å². The van der Waals surface area contributed by atoms with Crippen molar-refractivity contribution in [2.24, 2.45) is 0 Å². The first-order chi connectivity index (χ1) is 32.5. The van der Waals surface area contributed by atoms with E-state index in [4.69, 9.17) is 14.2 Å². The van der Waals surface area contributed by atoms with Crippen molar-refractivity contribution in [3.63, 3.8) is 0 Å². The number of unbranched alkanes of at least 4 members (excludes halogenated alkanes) is 7. The van der Waals surface area contributed by atoms with E-state index in [1.165, 1.54) is 0 Å². The summed E-state index contributed by atoms with van der Waals surface area (Å²) in [5.41, 5.74) is 0. The SMILES string of the molecule is CC\C=C/C=C\C=C/C=C\C=C/CCCCCC(=O)OC(COC(=O)CC/C=C\C/C=C\C/C=C\C/C=C\C/C=C\C/C=C\CC)COC(=O)CCCCCC/C=C\C/C=C\C/C=C\CC. The normalized spacial score (nSPS) is 13.6. The van der Waals surface area contributed by atoms with Crippen LogP contribution in [0.4, 0.5) is 0 Å². The van der Waals surface area contributed by atoms with E-state index in [1.807, 2.05) is 60.8 Å². The minimum absolute atomic E-state index is 0.140. The zero-order valence-electron chi connectivity index (χ0n) is 41.4. The highest BCUT2D eigenvalue weighted by Crippen LogP contribution is 2.10. The van der Waals surface area contributed by atoms with E-state index in [2.05, 4.69) is 130 Å². The Morgan fingerprint density at radius 3 is 1.12 bits per heavy atom. The largest absolute Gasteiger partial charge is 0.462 e. The highest BCUT2D eigenvalue weighted by molar-refractivity contribution is 5.71. The predicted molar refractivity (Wildman–Crippen MR) is 283 cm³/mol. The lowest BCUT2D eigenvalue weighted by Gasteiger charge is -2.18. The first-order valence-corrected chi connectivity index (χ1v) is 25.2. The van der Waals surface area contributed by atoms with Gasteiger partial charge in [-0.15, -0.1) is 0 Å². The lowest BCUT2D eigenvalue weighted by atomic mass is 10.1. The molecule has 0 spiro atoms. The molecule has 0 aliphatic rings. The Balaban J connectivity index is 4.66. The van der Waals surface area contributed by atoms with Crippen molar-refractivity contribution in [1.82, 2.24) is 0 Å². The fourth-order valence-electron chi connectivity index (χ4n) is 5.91. The van der Waals surface area contributed by atoms with Gasteiger partial charge < -0.3 is 14.2 Å². The Labute approximate surface area is 402 Å². The standard InChI is InChI=1S/C60H88O6/c1-4-7-10-13-16-19-22-25-28-29-30-31-33-35-38-41-44-47-50-53-59(62)65-56-57(55-64-58(61)52-49-46-43-40-37-34-27-24-21-18-15-12-9-6-3)66-60(63)54-51-48-45-42-39-36-32-26-23-20-17-14-11-8-5-2/h7-12,14,16-21,23,25-28,30-32,34-36,38-39,44,47,57H,4-6,13,15,22,24,29,33,37,40-43,45-46,48-56H2,1-3H3/b10-7-,11-8-,12-9-,17-14-,19-16-,21-18-,23-20-,28-25-,31-30-,32-26-,34-27-,38-35-,39-36-,47-44-. The number of esters is 3. The first kappa shape index (κ1) is 60.8. The maximum atomic E-state index is 12.8. The molecular formula is C60H88O6. The van der Waals surface area contributed by atoms with Gasteiger partial charge in [-0.25, -0.2) is 0 Å². The van der Waals surface area contributed by atoms with Crippen molar-refractivity contribution in [1.29, 1.82) is 0 Å². The van der Waals surface area contributed by atoms with Crippen LogP contribution in [-0.2, 0) is 28.6 Å². The molecule has 0 amide bonds. The lowest BCUT2D eigenvalue weighted by Crippen LogP contribution is -2.30. The molecule has 0 aromatic carbocycles. The number of allylic oxidation sites excluding steroid dienone is 28. The van der Waals surface area contributed by atoms with E-state index in [1.54, 1.807) is 0 Å². The van der Waals surface area contributed by atoms with Crippen LogP contribution in [0.1, 0.15) is 168 Å². The third kappa shape index (κ3) is 49.8. The van der Waals surface area contributed by atoms with Crippen LogP contribution in [-0.4, -0.2) is 37.2 Å². The molecule has 6 nitrogen and oxygen atoms in total. The molecule has 0 saturated heterocycles. The molecule has 1 unspecified atom stereocenters. The Morgan fingerprint density at radius 1 is 0.318 bits per heavy atom. The molecule has 0 aliphatic carbocycles. The van der Waals surface area contributed by atoms with Crippen LogP contribution in [0.2, 0.25) is 0 Å². The highest BCUT2D eigenvalue weighted by atomic mass is 16.6. The zero-order valence-corrected chi connectivity index (χ0v) is 41.4. The molecular weight excluding hydrogens is 817 g/mol. The maximum absolute atomic E-state index is 12.8. The molecule has 364 valence electrons. The molecule has 0 N–H and O–H groups in total. The molecule has 0 rings (SSSR count). The maximum Gasteiger partial charge on any atom is 0.306 e. The van der Waals surface area contributed by atoms with Crippen molar-refractivity contribution >= 4 is 17.9 Å². The second kappa shape index (κ2) is 52.4. The van der Waals surface area contributed by atoms with E-state index in [0.29, 0.717) is 19.3 Å². The summed E-state index contributed by atoms with van der Waals surface area (Å²) in [5, 5.41) is 0. The molecule has 0 aliphatic heterocycles. The Morgan fingerprint density at radius 2 is 0.652 bits per heavy atom. The molecule has 0 bridgehead atoms. The summed E-state index contributed by atoms with van der Waals surface area (Å²) in [6.07, 6.45) is 77.7. The van der Waals surface area contributed by atoms with Gasteiger partial charge in [-0.05, 0) is 109 Å². The fourth-order valence-corrected chi connectivity index (χ4v) is 5.91. The van der Waals surface area contributed by atoms with Crippen molar-refractivity contribution in [3.05, 3.63) is 170 Å². The average molecular weight is 905 g/mol. The summed E-state index contributed by atoms with van der Waals surface area (Å²) in [6, 6.07) is 0. The van der Waals surface area contributed by atoms with Gasteiger partial charge in [-0.1, -0.05) is 210 Å². The zero-order chi connectivity index (χ0) is 47.9. The predicted octanol–water partition coefficient (Wildman–Crippen LogP) is 16.8. The number of carbonyl (C=O) groups is 3. The van der Waals surface area contributed by atoms with Crippen LogP contribution in [0.3, 0.4) is 0 Å². The van der Waals surface area contributed by atoms with Crippen LogP contribution in [0.5, 0.6) is 0 Å². The van der Waals surface area contributed by atoms with Gasteiger partial charge in [0, 0.05) is 19.3 Å². The van der Waals surface area contributed by atoms with Crippen molar-refractivity contribution in [2.75, 3.05) is 13.2 Å². The van der Waals surface area contributed by atoms with E-state index >= 15 is 0 Å². The van der Waals surface area contributed by atoms with Gasteiger partial charge in [0.2, 0.25) is 0 Å². The molecule has 0 aromatic heterocycles. The molecule has 66 heavy (non-hydrogen) atoms. The molecule has 0 fully saturated rings. The summed E-state index contributed by atoms with van der Waals surface area (Å²) in [5.74, 6) is -1.11. The van der Waals surface area contributed by atoms with E-state index in [9.17, 15) is 14.4 Å².